The number of hydrogen-bond acceptors (Lipinski definition) is 4. The minimum absolute atomic E-state index is 0.0983. The summed E-state index contributed by atoms with van der Waals surface area (Å²) in [6, 6.07) is 16.0. The lowest BCUT2D eigenvalue weighted by molar-refractivity contribution is 0.0976. The van der Waals surface area contributed by atoms with E-state index < -0.39 is 0 Å². The van der Waals surface area contributed by atoms with Crippen molar-refractivity contribution in [2.75, 3.05) is 10.2 Å². The molecule has 0 saturated carbocycles. The molecule has 1 aromatic heterocycles. The number of nitrogens with one attached hydrogen (secondary N) is 1. The number of hydrogen-bond donors (Lipinski definition) is 1. The summed E-state index contributed by atoms with van der Waals surface area (Å²) in [7, 11) is 0. The smallest absolute Gasteiger partial charge is 0.277 e. The monoisotopic (exact) mass is 358 g/mol. The first-order chi connectivity index (χ1) is 13.0. The van der Waals surface area contributed by atoms with E-state index in [9.17, 15) is 4.79 Å². The number of carbonyl (C=O) groups excluding carboxylic acids is 1. The van der Waals surface area contributed by atoms with Crippen LogP contribution < -0.4 is 10.2 Å². The molecule has 2 aromatic carbocycles. The van der Waals surface area contributed by atoms with Crippen LogP contribution in [0.4, 0.5) is 17.2 Å². The lowest BCUT2D eigenvalue weighted by Crippen LogP contribution is -2.36. The zero-order chi connectivity index (χ0) is 19.0. The maximum atomic E-state index is 13.2. The molecule has 1 unspecified atom stereocenters. The standard InChI is InChI=1S/C22H22N4O/c1-14-7-6-9-18(16(14)3)25-21-12-19(23-13-24-21)22(27)26-15(2)11-17-8-4-5-10-20(17)26/h4-10,12-13,15H,11H2,1-3H3,(H,23,24,25). The Labute approximate surface area is 159 Å². The fourth-order valence-corrected chi connectivity index (χ4v) is 3.57. The van der Waals surface area contributed by atoms with Crippen molar-refractivity contribution in [3.63, 3.8) is 0 Å². The van der Waals surface area contributed by atoms with Crippen LogP contribution in [0.2, 0.25) is 0 Å². The van der Waals surface area contributed by atoms with Crippen molar-refractivity contribution in [2.24, 2.45) is 0 Å². The molecule has 0 fully saturated rings. The fourth-order valence-electron chi connectivity index (χ4n) is 3.57. The lowest BCUT2D eigenvalue weighted by atomic mass is 10.1. The predicted molar refractivity (Wildman–Crippen MR) is 108 cm³/mol. The van der Waals surface area contributed by atoms with Gasteiger partial charge in [-0.05, 0) is 56.0 Å². The van der Waals surface area contributed by atoms with E-state index in [2.05, 4.69) is 48.2 Å². The topological polar surface area (TPSA) is 58.1 Å². The molecule has 1 aliphatic rings. The Morgan fingerprint density at radius 2 is 1.93 bits per heavy atom. The molecule has 0 aliphatic carbocycles. The normalized spacial score (nSPS) is 15.5. The van der Waals surface area contributed by atoms with Crippen LogP contribution in [0.25, 0.3) is 0 Å². The first-order valence-electron chi connectivity index (χ1n) is 9.11. The molecule has 3 aromatic rings. The first-order valence-corrected chi connectivity index (χ1v) is 9.11. The quantitative estimate of drug-likeness (QED) is 0.752. The van der Waals surface area contributed by atoms with Gasteiger partial charge >= 0.3 is 0 Å². The second kappa shape index (κ2) is 6.83. The number of carbonyl (C=O) groups is 1. The number of aryl methyl sites for hydroxylation is 1. The van der Waals surface area contributed by atoms with E-state index in [1.165, 1.54) is 17.5 Å². The maximum Gasteiger partial charge on any atom is 0.277 e. The van der Waals surface area contributed by atoms with E-state index in [0.717, 1.165) is 23.4 Å². The summed E-state index contributed by atoms with van der Waals surface area (Å²) in [6.07, 6.45) is 2.30. The second-order valence-electron chi connectivity index (χ2n) is 7.02. The molecule has 27 heavy (non-hydrogen) atoms. The van der Waals surface area contributed by atoms with Gasteiger partial charge in [-0.3, -0.25) is 4.79 Å². The molecule has 1 aliphatic heterocycles. The highest BCUT2D eigenvalue weighted by Gasteiger charge is 2.32. The van der Waals surface area contributed by atoms with Crippen molar-refractivity contribution in [3.05, 3.63) is 77.2 Å². The Hall–Kier alpha value is -3.21. The molecular formula is C22H22N4O. The second-order valence-corrected chi connectivity index (χ2v) is 7.02. The van der Waals surface area contributed by atoms with Gasteiger partial charge in [0.2, 0.25) is 0 Å². The van der Waals surface area contributed by atoms with E-state index in [-0.39, 0.29) is 11.9 Å². The molecule has 2 heterocycles. The molecule has 1 atom stereocenters. The van der Waals surface area contributed by atoms with Crippen molar-refractivity contribution < 1.29 is 4.79 Å². The van der Waals surface area contributed by atoms with E-state index in [4.69, 9.17) is 0 Å². The number of anilines is 3. The summed E-state index contributed by atoms with van der Waals surface area (Å²) in [5, 5.41) is 3.31. The van der Waals surface area contributed by atoms with Gasteiger partial charge in [0.1, 0.15) is 17.8 Å². The van der Waals surface area contributed by atoms with Gasteiger partial charge in [0.25, 0.3) is 5.91 Å². The minimum Gasteiger partial charge on any atom is -0.340 e. The summed E-state index contributed by atoms with van der Waals surface area (Å²) >= 11 is 0. The zero-order valence-electron chi connectivity index (χ0n) is 15.7. The summed E-state index contributed by atoms with van der Waals surface area (Å²) in [4.78, 5) is 23.5. The number of benzene rings is 2. The molecule has 0 spiro atoms. The predicted octanol–water partition coefficient (Wildman–Crippen LogP) is 4.43. The highest BCUT2D eigenvalue weighted by molar-refractivity contribution is 6.06. The van der Waals surface area contributed by atoms with Crippen molar-refractivity contribution in [1.82, 2.24) is 9.97 Å². The van der Waals surface area contributed by atoms with Crippen molar-refractivity contribution in [2.45, 2.75) is 33.2 Å². The highest BCUT2D eigenvalue weighted by Crippen LogP contribution is 2.33. The Morgan fingerprint density at radius 3 is 2.78 bits per heavy atom. The molecule has 0 radical (unpaired) electrons. The van der Waals surface area contributed by atoms with Crippen LogP contribution in [0.5, 0.6) is 0 Å². The van der Waals surface area contributed by atoms with Crippen LogP contribution in [0.15, 0.2) is 54.9 Å². The number of nitrogens with zero attached hydrogens (tertiary/aromatic N) is 3. The van der Waals surface area contributed by atoms with E-state index in [0.29, 0.717) is 11.5 Å². The van der Waals surface area contributed by atoms with Gasteiger partial charge in [-0.25, -0.2) is 9.97 Å². The van der Waals surface area contributed by atoms with Crippen LogP contribution in [-0.4, -0.2) is 21.9 Å². The molecular weight excluding hydrogens is 336 g/mol. The largest absolute Gasteiger partial charge is 0.340 e. The van der Waals surface area contributed by atoms with Crippen LogP contribution >= 0.6 is 0 Å². The summed E-state index contributed by atoms with van der Waals surface area (Å²) in [6.45, 7) is 6.20. The summed E-state index contributed by atoms with van der Waals surface area (Å²) in [5.74, 6) is 0.515. The maximum absolute atomic E-state index is 13.2. The number of aromatic nitrogens is 2. The van der Waals surface area contributed by atoms with Gasteiger partial charge in [0, 0.05) is 23.5 Å². The highest BCUT2D eigenvalue weighted by atomic mass is 16.2. The van der Waals surface area contributed by atoms with E-state index in [1.807, 2.05) is 35.2 Å². The SMILES string of the molecule is Cc1cccc(Nc2cc(C(=O)N3c4ccccc4CC3C)ncn2)c1C. The minimum atomic E-state index is -0.0983. The Morgan fingerprint density at radius 1 is 1.11 bits per heavy atom. The van der Waals surface area contributed by atoms with Gasteiger partial charge in [-0.1, -0.05) is 30.3 Å². The Bertz CT molecular complexity index is 1010. The van der Waals surface area contributed by atoms with Crippen LogP contribution in [0, 0.1) is 13.8 Å². The lowest BCUT2D eigenvalue weighted by Gasteiger charge is -2.22. The molecule has 5 nitrogen and oxygen atoms in total. The number of fused-ring (bicyclic) bond motifs is 1. The van der Waals surface area contributed by atoms with Gasteiger partial charge in [0.15, 0.2) is 0 Å². The molecule has 136 valence electrons. The van der Waals surface area contributed by atoms with Gasteiger partial charge < -0.3 is 10.2 Å². The Balaban J connectivity index is 1.63. The van der Waals surface area contributed by atoms with Gasteiger partial charge in [-0.15, -0.1) is 0 Å². The summed E-state index contributed by atoms with van der Waals surface area (Å²) < 4.78 is 0. The zero-order valence-corrected chi connectivity index (χ0v) is 15.7. The van der Waals surface area contributed by atoms with Crippen LogP contribution in [-0.2, 0) is 6.42 Å². The van der Waals surface area contributed by atoms with Crippen LogP contribution in [0.1, 0.15) is 34.1 Å². The van der Waals surface area contributed by atoms with Crippen molar-refractivity contribution in [1.29, 1.82) is 0 Å². The van der Waals surface area contributed by atoms with E-state index >= 15 is 0 Å². The molecule has 0 saturated heterocycles. The number of para-hydroxylation sites is 1. The molecule has 0 bridgehead atoms. The average Bonchev–Trinajstić information content (AvgIpc) is 3.01. The van der Waals surface area contributed by atoms with Crippen LogP contribution in [0.3, 0.4) is 0 Å². The fraction of sp³-hybridized carbons (Fsp3) is 0.227. The molecule has 1 N–H and O–H groups in total. The molecule has 5 heteroatoms. The molecule has 4 rings (SSSR count). The van der Waals surface area contributed by atoms with E-state index in [1.54, 1.807) is 6.07 Å². The Kier molecular flexibility index (Phi) is 4.36. The third-order valence-corrected chi connectivity index (χ3v) is 5.18. The number of rotatable bonds is 3. The molecule has 1 amide bonds. The number of amides is 1. The van der Waals surface area contributed by atoms with Gasteiger partial charge in [-0.2, -0.15) is 0 Å². The third-order valence-electron chi connectivity index (χ3n) is 5.18. The average molecular weight is 358 g/mol. The van der Waals surface area contributed by atoms with Gasteiger partial charge in [0.05, 0.1) is 0 Å². The van der Waals surface area contributed by atoms with Crippen molar-refractivity contribution >= 4 is 23.1 Å². The first kappa shape index (κ1) is 17.2. The van der Waals surface area contributed by atoms with Crippen molar-refractivity contribution in [3.8, 4) is 0 Å². The summed E-state index contributed by atoms with van der Waals surface area (Å²) in [5.41, 5.74) is 5.89. The third kappa shape index (κ3) is 3.16.